The fraction of sp³-hybridized carbons (Fsp3) is 0.588. The van der Waals surface area contributed by atoms with Crippen LogP contribution >= 0.6 is 0 Å². The molecule has 1 aliphatic carbocycles. The molecule has 2 unspecified atom stereocenters. The van der Waals surface area contributed by atoms with E-state index in [0.29, 0.717) is 0 Å². The first-order valence-corrected chi connectivity index (χ1v) is 7.75. The van der Waals surface area contributed by atoms with Crippen molar-refractivity contribution in [1.82, 2.24) is 5.32 Å². The molecule has 2 atom stereocenters. The Hall–Kier alpha value is -1.56. The number of hydrogen-bond acceptors (Lipinski definition) is 2. The second-order valence-corrected chi connectivity index (χ2v) is 6.59. The van der Waals surface area contributed by atoms with Crippen LogP contribution in [0.4, 0.5) is 13.2 Å². The van der Waals surface area contributed by atoms with Crippen molar-refractivity contribution in [3.8, 4) is 0 Å². The van der Waals surface area contributed by atoms with E-state index in [-0.39, 0.29) is 30.4 Å². The van der Waals surface area contributed by atoms with Gasteiger partial charge in [-0.1, -0.05) is 25.1 Å². The Balaban J connectivity index is 2.07. The lowest BCUT2D eigenvalue weighted by molar-refractivity contribution is -0.138. The first-order valence-electron chi connectivity index (χ1n) is 7.75. The molecule has 0 bridgehead atoms. The average molecular weight is 329 g/mol. The molecule has 0 aliphatic heterocycles. The Bertz CT molecular complexity index is 569. The van der Waals surface area contributed by atoms with Gasteiger partial charge >= 0.3 is 6.18 Å². The summed E-state index contributed by atoms with van der Waals surface area (Å²) in [7, 11) is 0. The lowest BCUT2D eigenvalue weighted by atomic mass is 9.91. The Morgan fingerprint density at radius 1 is 1.35 bits per heavy atom. The van der Waals surface area contributed by atoms with E-state index in [9.17, 15) is 23.1 Å². The van der Waals surface area contributed by atoms with Crippen molar-refractivity contribution >= 4 is 5.91 Å². The summed E-state index contributed by atoms with van der Waals surface area (Å²) in [6, 6.07) is 5.33. The zero-order valence-corrected chi connectivity index (χ0v) is 13.3. The maximum Gasteiger partial charge on any atom is 0.416 e. The number of halogens is 3. The molecule has 0 heterocycles. The van der Waals surface area contributed by atoms with Gasteiger partial charge in [-0.2, -0.15) is 13.2 Å². The molecule has 0 radical (unpaired) electrons. The number of aliphatic hydroxyl groups is 1. The van der Waals surface area contributed by atoms with Gasteiger partial charge in [0.25, 0.3) is 0 Å². The molecule has 0 saturated heterocycles. The number of aliphatic hydroxyl groups excluding tert-OH is 1. The van der Waals surface area contributed by atoms with Crippen LogP contribution in [0.5, 0.6) is 0 Å². The van der Waals surface area contributed by atoms with E-state index in [2.05, 4.69) is 5.32 Å². The molecule has 6 heteroatoms. The maximum absolute atomic E-state index is 13.1. The number of carbonyl (C=O) groups is 1. The van der Waals surface area contributed by atoms with Crippen LogP contribution < -0.4 is 5.32 Å². The van der Waals surface area contributed by atoms with Crippen LogP contribution in [0.15, 0.2) is 24.3 Å². The standard InChI is InChI=1S/C17H22F3NO2/c1-11(13-5-3-4-6-14(13)17(18,19)20)9-15(23)21-16(2,10-22)12-7-8-12/h3-6,11-12,22H,7-10H2,1-2H3,(H,21,23). The van der Waals surface area contributed by atoms with E-state index in [0.717, 1.165) is 18.9 Å². The third-order valence-electron chi connectivity index (χ3n) is 4.52. The summed E-state index contributed by atoms with van der Waals surface area (Å²) in [5.41, 5.74) is -1.26. The zero-order valence-electron chi connectivity index (χ0n) is 13.3. The summed E-state index contributed by atoms with van der Waals surface area (Å²) in [6.07, 6.45) is -2.59. The molecule has 1 aromatic rings. The average Bonchev–Trinajstić information content (AvgIpc) is 3.31. The van der Waals surface area contributed by atoms with Crippen LogP contribution in [0.3, 0.4) is 0 Å². The van der Waals surface area contributed by atoms with Crippen LogP contribution in [0.2, 0.25) is 0 Å². The van der Waals surface area contributed by atoms with Crippen molar-refractivity contribution in [1.29, 1.82) is 0 Å². The SMILES string of the molecule is CC(CC(=O)NC(C)(CO)C1CC1)c1ccccc1C(F)(F)F. The number of nitrogens with one attached hydrogen (secondary N) is 1. The summed E-state index contributed by atoms with van der Waals surface area (Å²) in [5.74, 6) is -0.651. The van der Waals surface area contributed by atoms with Crippen molar-refractivity contribution in [2.75, 3.05) is 6.61 Å². The van der Waals surface area contributed by atoms with Crippen LogP contribution in [0.1, 0.15) is 50.2 Å². The first-order chi connectivity index (χ1) is 10.7. The number of carbonyl (C=O) groups excluding carboxylic acids is 1. The van der Waals surface area contributed by atoms with E-state index < -0.39 is 23.2 Å². The predicted molar refractivity (Wildman–Crippen MR) is 80.8 cm³/mol. The van der Waals surface area contributed by atoms with Gasteiger partial charge in [-0.25, -0.2) is 0 Å². The lowest BCUT2D eigenvalue weighted by Crippen LogP contribution is -2.51. The lowest BCUT2D eigenvalue weighted by Gasteiger charge is -2.29. The zero-order chi connectivity index (χ0) is 17.3. The van der Waals surface area contributed by atoms with Gasteiger partial charge in [0.05, 0.1) is 17.7 Å². The number of rotatable bonds is 6. The van der Waals surface area contributed by atoms with Crippen molar-refractivity contribution in [3.63, 3.8) is 0 Å². The molecule has 1 saturated carbocycles. The minimum absolute atomic E-state index is 0.0462. The van der Waals surface area contributed by atoms with Gasteiger partial charge in [-0.3, -0.25) is 4.79 Å². The molecule has 3 nitrogen and oxygen atoms in total. The van der Waals surface area contributed by atoms with Crippen LogP contribution in [-0.4, -0.2) is 23.2 Å². The third kappa shape index (κ3) is 4.25. The van der Waals surface area contributed by atoms with Gasteiger partial charge in [-0.15, -0.1) is 0 Å². The van der Waals surface area contributed by atoms with Crippen molar-refractivity contribution in [2.45, 2.75) is 50.7 Å². The first kappa shape index (κ1) is 17.8. The van der Waals surface area contributed by atoms with Gasteiger partial charge < -0.3 is 10.4 Å². The molecule has 128 valence electrons. The summed E-state index contributed by atoms with van der Waals surface area (Å²) in [4.78, 5) is 12.2. The Labute approximate surface area is 133 Å². The van der Waals surface area contributed by atoms with E-state index in [1.54, 1.807) is 19.9 Å². The van der Waals surface area contributed by atoms with E-state index >= 15 is 0 Å². The normalized spacial score (nSPS) is 19.0. The summed E-state index contributed by atoms with van der Waals surface area (Å²) in [5, 5.41) is 12.3. The Morgan fingerprint density at radius 3 is 2.48 bits per heavy atom. The molecular weight excluding hydrogens is 307 g/mol. The highest BCUT2D eigenvalue weighted by atomic mass is 19.4. The summed E-state index contributed by atoms with van der Waals surface area (Å²) in [6.45, 7) is 3.21. The molecule has 0 spiro atoms. The largest absolute Gasteiger partial charge is 0.416 e. The van der Waals surface area contributed by atoms with E-state index in [1.165, 1.54) is 12.1 Å². The minimum atomic E-state index is -4.44. The highest BCUT2D eigenvalue weighted by molar-refractivity contribution is 5.78. The molecule has 1 fully saturated rings. The van der Waals surface area contributed by atoms with Gasteiger partial charge in [0, 0.05) is 6.42 Å². The quantitative estimate of drug-likeness (QED) is 0.839. The summed E-state index contributed by atoms with van der Waals surface area (Å²) >= 11 is 0. The van der Waals surface area contributed by atoms with Gasteiger partial charge in [0.15, 0.2) is 0 Å². The molecule has 1 aliphatic rings. The van der Waals surface area contributed by atoms with Crippen molar-refractivity contribution in [2.24, 2.45) is 5.92 Å². The highest BCUT2D eigenvalue weighted by Crippen LogP contribution is 2.40. The molecule has 2 N–H and O–H groups in total. The van der Waals surface area contributed by atoms with E-state index in [4.69, 9.17) is 0 Å². The molecule has 23 heavy (non-hydrogen) atoms. The van der Waals surface area contributed by atoms with Crippen LogP contribution in [-0.2, 0) is 11.0 Å². The van der Waals surface area contributed by atoms with Gasteiger partial charge in [0.2, 0.25) is 5.91 Å². The highest BCUT2D eigenvalue weighted by Gasteiger charge is 2.42. The van der Waals surface area contributed by atoms with Gasteiger partial charge in [-0.05, 0) is 43.2 Å². The Kier molecular flexibility index (Phi) is 5.04. The number of alkyl halides is 3. The molecule has 2 rings (SSSR count). The van der Waals surface area contributed by atoms with Gasteiger partial charge in [0.1, 0.15) is 0 Å². The topological polar surface area (TPSA) is 49.3 Å². The predicted octanol–water partition coefficient (Wildman–Crippen LogP) is 3.48. The maximum atomic E-state index is 13.1. The fourth-order valence-electron chi connectivity index (χ4n) is 2.93. The smallest absolute Gasteiger partial charge is 0.394 e. The molecular formula is C17H22F3NO2. The fourth-order valence-corrected chi connectivity index (χ4v) is 2.93. The number of benzene rings is 1. The minimum Gasteiger partial charge on any atom is -0.394 e. The second kappa shape index (κ2) is 6.51. The van der Waals surface area contributed by atoms with E-state index in [1.807, 2.05) is 0 Å². The van der Waals surface area contributed by atoms with Crippen molar-refractivity contribution in [3.05, 3.63) is 35.4 Å². The van der Waals surface area contributed by atoms with Crippen LogP contribution in [0.25, 0.3) is 0 Å². The van der Waals surface area contributed by atoms with Crippen LogP contribution in [0, 0.1) is 5.92 Å². The number of amides is 1. The van der Waals surface area contributed by atoms with Crippen molar-refractivity contribution < 1.29 is 23.1 Å². The Morgan fingerprint density at radius 2 is 1.96 bits per heavy atom. The molecule has 0 aromatic heterocycles. The third-order valence-corrected chi connectivity index (χ3v) is 4.52. The second-order valence-electron chi connectivity index (χ2n) is 6.59. The summed E-state index contributed by atoms with van der Waals surface area (Å²) < 4.78 is 39.2. The molecule has 1 aromatic carbocycles. The molecule has 1 amide bonds. The monoisotopic (exact) mass is 329 g/mol. The number of hydrogen-bond donors (Lipinski definition) is 2.